The van der Waals surface area contributed by atoms with Crippen molar-refractivity contribution in [2.24, 2.45) is 0 Å². The molecule has 77 heavy (non-hydrogen) atoms. The Morgan fingerprint density at radius 1 is 0.351 bits per heavy atom. The summed E-state index contributed by atoms with van der Waals surface area (Å²) in [6.45, 7) is 17.2. The second-order valence-corrected chi connectivity index (χ2v) is 20.3. The standard InChI is InChI=1S/2C26H40O4.2C8H17.Sn/c2*1-2-3-4-5-6-7-8-9-10-11-12-13-14-15-16-19-22-30-26(29)24-21-18-17-20-23(24)25(27)28;2*1-3-5-7-8-6-4-2;/h2*9-10,17-18,20-21H,2-8,11-16,19,22H2,1H3,(H,27,28);2*1,3-8H2,2H3;/q;;;;+2/p-2/b2*10-9+;;;. The summed E-state index contributed by atoms with van der Waals surface area (Å²) < 4.78 is 10.4. The van der Waals surface area contributed by atoms with E-state index < -0.39 is 23.9 Å². The SMILES string of the molecule is CCCCCCCC/C=C/CCCCCCCCOC(=O)c1ccccc1C(=O)[O-].CCCCCCCC/C=C/CCCCCCCCOC(=O)c1ccccc1C(=O)[O-].[CH2]CCCCCCC.[CH2]CCCCCCC.[Sn+2]. The van der Waals surface area contributed by atoms with Gasteiger partial charge in [0.1, 0.15) is 0 Å². The molecular formula is C68H112O8Sn. The fourth-order valence-corrected chi connectivity index (χ4v) is 8.42. The molecule has 8 nitrogen and oxygen atoms in total. The number of unbranched alkanes of at least 4 members (excludes halogenated alkanes) is 34. The number of hydrogen-bond donors (Lipinski definition) is 0. The van der Waals surface area contributed by atoms with Crippen molar-refractivity contribution in [3.63, 3.8) is 0 Å². The van der Waals surface area contributed by atoms with Crippen LogP contribution in [0.2, 0.25) is 0 Å². The normalized spacial score (nSPS) is 10.7. The van der Waals surface area contributed by atoms with Crippen LogP contribution in [0.4, 0.5) is 0 Å². The number of hydrogen-bond acceptors (Lipinski definition) is 8. The minimum absolute atomic E-state index is 0. The van der Waals surface area contributed by atoms with E-state index in [4.69, 9.17) is 9.47 Å². The van der Waals surface area contributed by atoms with Gasteiger partial charge in [0.2, 0.25) is 0 Å². The van der Waals surface area contributed by atoms with Crippen molar-refractivity contribution >= 4 is 47.8 Å². The molecule has 0 unspecified atom stereocenters. The largest absolute Gasteiger partial charge is 2.00 e. The summed E-state index contributed by atoms with van der Waals surface area (Å²) in [6.07, 6.45) is 59.6. The summed E-state index contributed by atoms with van der Waals surface area (Å²) in [5.74, 6) is -3.91. The van der Waals surface area contributed by atoms with Gasteiger partial charge in [-0.2, -0.15) is 0 Å². The van der Waals surface area contributed by atoms with Gasteiger partial charge in [-0.1, -0.05) is 295 Å². The van der Waals surface area contributed by atoms with E-state index in [1.807, 2.05) is 0 Å². The third-order valence-corrected chi connectivity index (χ3v) is 13.2. The Morgan fingerprint density at radius 3 is 0.818 bits per heavy atom. The van der Waals surface area contributed by atoms with E-state index in [9.17, 15) is 29.4 Å². The zero-order valence-corrected chi connectivity index (χ0v) is 52.7. The Kier molecular flexibility index (Phi) is 64.1. The molecule has 0 spiro atoms. The average Bonchev–Trinajstić information content (AvgIpc) is 3.43. The van der Waals surface area contributed by atoms with Crippen molar-refractivity contribution in [1.82, 2.24) is 0 Å². The van der Waals surface area contributed by atoms with E-state index in [2.05, 4.69) is 65.8 Å². The molecule has 0 aliphatic heterocycles. The maximum Gasteiger partial charge on any atom is 2.00 e. The monoisotopic (exact) mass is 1180 g/mol. The van der Waals surface area contributed by atoms with Gasteiger partial charge in [-0.3, -0.25) is 0 Å². The Hall–Kier alpha value is -3.40. The number of benzene rings is 2. The summed E-state index contributed by atoms with van der Waals surface area (Å²) in [5.41, 5.74) is -0.129. The van der Waals surface area contributed by atoms with Crippen LogP contribution in [0.1, 0.15) is 326 Å². The van der Waals surface area contributed by atoms with Gasteiger partial charge in [0, 0.05) is 11.1 Å². The molecule has 2 aromatic rings. The predicted molar refractivity (Wildman–Crippen MR) is 324 cm³/mol. The fraction of sp³-hybridized carbons (Fsp3) is 0.676. The molecule has 9 heteroatoms. The van der Waals surface area contributed by atoms with Gasteiger partial charge in [0.25, 0.3) is 0 Å². The van der Waals surface area contributed by atoms with Gasteiger partial charge >= 0.3 is 35.8 Å². The first-order valence-corrected chi connectivity index (χ1v) is 31.0. The van der Waals surface area contributed by atoms with Crippen molar-refractivity contribution in [2.75, 3.05) is 13.2 Å². The number of rotatable bonds is 46. The van der Waals surface area contributed by atoms with E-state index in [1.165, 1.54) is 230 Å². The molecular weight excluding hydrogens is 1060 g/mol. The third kappa shape index (κ3) is 53.0. The van der Waals surface area contributed by atoms with Crippen LogP contribution in [0.15, 0.2) is 72.8 Å². The van der Waals surface area contributed by atoms with Crippen molar-refractivity contribution in [3.8, 4) is 0 Å². The number of carbonyl (C=O) groups excluding carboxylic acids is 4. The van der Waals surface area contributed by atoms with Gasteiger partial charge in [-0.25, -0.2) is 9.59 Å². The zero-order chi connectivity index (χ0) is 56.2. The molecule has 2 aromatic carbocycles. The van der Waals surface area contributed by atoms with Crippen LogP contribution in [0.25, 0.3) is 0 Å². The Bertz CT molecular complexity index is 1540. The van der Waals surface area contributed by atoms with Crippen LogP contribution >= 0.6 is 0 Å². The minimum Gasteiger partial charge on any atom is -0.545 e. The van der Waals surface area contributed by atoms with E-state index in [0.717, 1.165) is 51.4 Å². The van der Waals surface area contributed by atoms with Crippen molar-refractivity contribution in [1.29, 1.82) is 0 Å². The van der Waals surface area contributed by atoms with Gasteiger partial charge in [-0.05, 0) is 76.3 Å². The molecule has 0 aliphatic carbocycles. The molecule has 0 bridgehead atoms. The quantitative estimate of drug-likeness (QED) is 0.0277. The van der Waals surface area contributed by atoms with E-state index in [-0.39, 0.29) is 46.2 Å². The summed E-state index contributed by atoms with van der Waals surface area (Å²) in [7, 11) is 0. The molecule has 0 heterocycles. The first-order chi connectivity index (χ1) is 37.2. The Labute approximate surface area is 490 Å². The summed E-state index contributed by atoms with van der Waals surface area (Å²) in [5, 5.41) is 22.1. The van der Waals surface area contributed by atoms with Crippen LogP contribution in [0, 0.1) is 13.8 Å². The van der Waals surface area contributed by atoms with Crippen LogP contribution < -0.4 is 10.2 Å². The second kappa shape index (κ2) is 63.4. The minimum atomic E-state index is -1.36. The Balaban J connectivity index is -0.00000109. The van der Waals surface area contributed by atoms with E-state index in [0.29, 0.717) is 13.2 Å². The molecule has 0 aromatic heterocycles. The molecule has 0 aliphatic rings. The summed E-state index contributed by atoms with van der Waals surface area (Å²) in [6, 6.07) is 12.0. The molecule has 0 fully saturated rings. The number of carbonyl (C=O) groups is 4. The number of esters is 2. The van der Waals surface area contributed by atoms with Gasteiger partial charge in [-0.15, -0.1) is 0 Å². The Morgan fingerprint density at radius 2 is 0.571 bits per heavy atom. The average molecular weight is 1180 g/mol. The smallest absolute Gasteiger partial charge is 0.545 e. The first kappa shape index (κ1) is 77.8. The van der Waals surface area contributed by atoms with Crippen LogP contribution in [0.5, 0.6) is 0 Å². The molecule has 0 saturated carbocycles. The van der Waals surface area contributed by atoms with Gasteiger partial charge in [0.05, 0.1) is 36.3 Å². The van der Waals surface area contributed by atoms with E-state index >= 15 is 0 Å². The molecule has 4 radical (unpaired) electrons. The van der Waals surface area contributed by atoms with Crippen LogP contribution in [-0.2, 0) is 9.47 Å². The summed E-state index contributed by atoms with van der Waals surface area (Å²) in [4.78, 5) is 46.1. The fourth-order valence-electron chi connectivity index (χ4n) is 8.42. The molecule has 436 valence electrons. The zero-order valence-electron chi connectivity index (χ0n) is 49.8. The number of allylic oxidation sites excluding steroid dienone is 4. The van der Waals surface area contributed by atoms with E-state index in [1.54, 1.807) is 24.3 Å². The second-order valence-electron chi connectivity index (χ2n) is 20.3. The molecule has 0 amide bonds. The van der Waals surface area contributed by atoms with Crippen molar-refractivity contribution in [2.45, 2.75) is 285 Å². The maximum atomic E-state index is 12.0. The topological polar surface area (TPSA) is 133 Å². The van der Waals surface area contributed by atoms with Crippen LogP contribution in [0.3, 0.4) is 0 Å². The number of ether oxygens (including phenoxy) is 2. The van der Waals surface area contributed by atoms with Crippen molar-refractivity contribution < 1.29 is 38.9 Å². The molecule has 2 rings (SSSR count). The first-order valence-electron chi connectivity index (χ1n) is 31.0. The van der Waals surface area contributed by atoms with Gasteiger partial charge < -0.3 is 29.3 Å². The van der Waals surface area contributed by atoms with Gasteiger partial charge in [0.15, 0.2) is 0 Å². The number of carboxylic acid groups (broad SMARTS) is 2. The third-order valence-electron chi connectivity index (χ3n) is 13.2. The predicted octanol–water partition coefficient (Wildman–Crippen LogP) is 18.5. The molecule has 0 atom stereocenters. The molecule has 0 saturated heterocycles. The maximum absolute atomic E-state index is 12.0. The number of aromatic carboxylic acids is 2. The number of carboxylic acids is 2. The summed E-state index contributed by atoms with van der Waals surface area (Å²) >= 11 is 0. The van der Waals surface area contributed by atoms with Crippen molar-refractivity contribution in [3.05, 3.63) is 109 Å². The molecule has 0 N–H and O–H groups in total. The van der Waals surface area contributed by atoms with Crippen LogP contribution in [-0.4, -0.2) is 61.0 Å².